The van der Waals surface area contributed by atoms with Gasteiger partial charge in [-0.15, -0.1) is 0 Å². The Labute approximate surface area is 103 Å². The monoisotopic (exact) mass is 244 g/mol. The lowest BCUT2D eigenvalue weighted by atomic mass is 10.1. The van der Waals surface area contributed by atoms with Crippen LogP contribution in [0.25, 0.3) is 0 Å². The van der Waals surface area contributed by atoms with Crippen molar-refractivity contribution in [1.29, 1.82) is 0 Å². The summed E-state index contributed by atoms with van der Waals surface area (Å²) in [7, 11) is 0. The van der Waals surface area contributed by atoms with Crippen LogP contribution in [0.2, 0.25) is 0 Å². The Bertz CT molecular complexity index is 263. The number of aliphatic hydroxyl groups excluding tert-OH is 1. The number of hydrogen-bond donors (Lipinski definition) is 2. The molecule has 5 nitrogen and oxygen atoms in total. The first-order valence-corrected chi connectivity index (χ1v) is 6.11. The SMILES string of the molecule is CC(C(=O)NC(C)(C)C)N1CCOCC1CO. The van der Waals surface area contributed by atoms with Crippen molar-refractivity contribution in [3.05, 3.63) is 0 Å². The number of nitrogens with zero attached hydrogens (tertiary/aromatic N) is 1. The minimum absolute atomic E-state index is 0.00199. The highest BCUT2D eigenvalue weighted by Gasteiger charge is 2.31. The molecule has 5 heteroatoms. The van der Waals surface area contributed by atoms with Crippen LogP contribution >= 0.6 is 0 Å². The number of aliphatic hydroxyl groups is 1. The molecular weight excluding hydrogens is 220 g/mol. The number of nitrogens with one attached hydrogen (secondary N) is 1. The molecule has 17 heavy (non-hydrogen) atoms. The summed E-state index contributed by atoms with van der Waals surface area (Å²) in [5.41, 5.74) is -0.230. The highest BCUT2D eigenvalue weighted by atomic mass is 16.5. The van der Waals surface area contributed by atoms with Gasteiger partial charge < -0.3 is 15.2 Å². The Morgan fingerprint density at radius 3 is 2.76 bits per heavy atom. The van der Waals surface area contributed by atoms with E-state index in [0.717, 1.165) is 0 Å². The normalized spacial score (nSPS) is 24.4. The molecule has 0 aromatic rings. The molecule has 100 valence electrons. The molecule has 1 heterocycles. The smallest absolute Gasteiger partial charge is 0.237 e. The molecule has 1 rings (SSSR count). The van der Waals surface area contributed by atoms with Gasteiger partial charge in [0.2, 0.25) is 5.91 Å². The fourth-order valence-electron chi connectivity index (χ4n) is 1.96. The molecule has 1 aliphatic rings. The molecule has 1 amide bonds. The number of carbonyl (C=O) groups is 1. The van der Waals surface area contributed by atoms with E-state index in [2.05, 4.69) is 5.32 Å². The average Bonchev–Trinajstić information content (AvgIpc) is 2.25. The van der Waals surface area contributed by atoms with Crippen LogP contribution in [0.15, 0.2) is 0 Å². The van der Waals surface area contributed by atoms with Crippen molar-refractivity contribution < 1.29 is 14.6 Å². The van der Waals surface area contributed by atoms with Gasteiger partial charge in [-0.3, -0.25) is 9.69 Å². The second-order valence-electron chi connectivity index (χ2n) is 5.56. The van der Waals surface area contributed by atoms with Crippen LogP contribution in [0.1, 0.15) is 27.7 Å². The number of hydrogen-bond acceptors (Lipinski definition) is 4. The van der Waals surface area contributed by atoms with Crippen molar-refractivity contribution >= 4 is 5.91 Å². The van der Waals surface area contributed by atoms with Crippen LogP contribution in [-0.4, -0.2) is 59.9 Å². The maximum atomic E-state index is 12.0. The first-order chi connectivity index (χ1) is 7.85. The number of rotatable bonds is 3. The molecule has 0 saturated carbocycles. The van der Waals surface area contributed by atoms with Gasteiger partial charge in [-0.25, -0.2) is 0 Å². The quantitative estimate of drug-likeness (QED) is 0.732. The van der Waals surface area contributed by atoms with Crippen molar-refractivity contribution in [2.24, 2.45) is 0 Å². The first kappa shape index (κ1) is 14.4. The van der Waals surface area contributed by atoms with Crippen LogP contribution in [0.5, 0.6) is 0 Å². The summed E-state index contributed by atoms with van der Waals surface area (Å²) < 4.78 is 5.30. The van der Waals surface area contributed by atoms with E-state index in [1.807, 2.05) is 32.6 Å². The highest BCUT2D eigenvalue weighted by Crippen LogP contribution is 2.12. The lowest BCUT2D eigenvalue weighted by molar-refractivity contribution is -0.132. The lowest BCUT2D eigenvalue weighted by Gasteiger charge is -2.38. The largest absolute Gasteiger partial charge is 0.395 e. The van der Waals surface area contributed by atoms with Crippen molar-refractivity contribution in [1.82, 2.24) is 10.2 Å². The standard InChI is InChI=1S/C12H24N2O3/c1-9(11(16)13-12(2,3)4)14-5-6-17-8-10(14)7-15/h9-10,15H,5-8H2,1-4H3,(H,13,16). The van der Waals surface area contributed by atoms with E-state index in [-0.39, 0.29) is 30.1 Å². The number of carbonyl (C=O) groups excluding carboxylic acids is 1. The molecule has 0 spiro atoms. The zero-order valence-corrected chi connectivity index (χ0v) is 11.2. The van der Waals surface area contributed by atoms with E-state index < -0.39 is 0 Å². The minimum Gasteiger partial charge on any atom is -0.395 e. The summed E-state index contributed by atoms with van der Waals surface area (Å²) in [6, 6.07) is -0.320. The molecule has 1 fully saturated rings. The molecule has 0 radical (unpaired) electrons. The lowest BCUT2D eigenvalue weighted by Crippen LogP contribution is -2.58. The highest BCUT2D eigenvalue weighted by molar-refractivity contribution is 5.82. The van der Waals surface area contributed by atoms with Crippen LogP contribution in [0.3, 0.4) is 0 Å². The number of amides is 1. The molecule has 2 unspecified atom stereocenters. The maximum absolute atomic E-state index is 12.0. The predicted octanol–water partition coefficient (Wildman–Crippen LogP) is -0.0173. The van der Waals surface area contributed by atoms with Crippen LogP contribution < -0.4 is 5.32 Å². The Kier molecular flexibility index (Phi) is 4.91. The molecule has 0 aliphatic carbocycles. The molecular formula is C12H24N2O3. The first-order valence-electron chi connectivity index (χ1n) is 6.11. The van der Waals surface area contributed by atoms with E-state index in [1.54, 1.807) is 0 Å². The van der Waals surface area contributed by atoms with E-state index >= 15 is 0 Å². The van der Waals surface area contributed by atoms with Gasteiger partial charge in [0.1, 0.15) is 0 Å². The maximum Gasteiger partial charge on any atom is 0.237 e. The minimum atomic E-state index is -0.240. The summed E-state index contributed by atoms with van der Waals surface area (Å²) in [4.78, 5) is 14.0. The Hall–Kier alpha value is -0.650. The van der Waals surface area contributed by atoms with Crippen LogP contribution in [-0.2, 0) is 9.53 Å². The Morgan fingerprint density at radius 1 is 1.59 bits per heavy atom. The van der Waals surface area contributed by atoms with Crippen molar-refractivity contribution in [3.8, 4) is 0 Å². The summed E-state index contributed by atoms with van der Waals surface area (Å²) in [5.74, 6) is -0.00199. The van der Waals surface area contributed by atoms with Gasteiger partial charge in [0.15, 0.2) is 0 Å². The zero-order chi connectivity index (χ0) is 13.1. The van der Waals surface area contributed by atoms with E-state index in [4.69, 9.17) is 4.74 Å². The summed E-state index contributed by atoms with van der Waals surface area (Å²) in [5, 5.41) is 12.2. The van der Waals surface area contributed by atoms with Gasteiger partial charge in [-0.1, -0.05) is 0 Å². The zero-order valence-electron chi connectivity index (χ0n) is 11.2. The summed E-state index contributed by atoms with van der Waals surface area (Å²) in [6.45, 7) is 9.56. The van der Waals surface area contributed by atoms with E-state index in [9.17, 15) is 9.90 Å². The third-order valence-electron chi connectivity index (χ3n) is 2.86. The second kappa shape index (κ2) is 5.80. The predicted molar refractivity (Wildman–Crippen MR) is 65.8 cm³/mol. The molecule has 2 atom stereocenters. The Morgan fingerprint density at radius 2 is 2.24 bits per heavy atom. The molecule has 0 aromatic carbocycles. The van der Waals surface area contributed by atoms with E-state index in [1.165, 1.54) is 0 Å². The van der Waals surface area contributed by atoms with Crippen LogP contribution in [0, 0.1) is 0 Å². The summed E-state index contributed by atoms with van der Waals surface area (Å²) in [6.07, 6.45) is 0. The van der Waals surface area contributed by atoms with Crippen LogP contribution in [0.4, 0.5) is 0 Å². The third kappa shape index (κ3) is 4.26. The molecule has 1 saturated heterocycles. The topological polar surface area (TPSA) is 61.8 Å². The van der Waals surface area contributed by atoms with Crippen molar-refractivity contribution in [3.63, 3.8) is 0 Å². The van der Waals surface area contributed by atoms with Gasteiger partial charge in [-0.2, -0.15) is 0 Å². The average molecular weight is 244 g/mol. The Balaban J connectivity index is 2.60. The molecule has 2 N–H and O–H groups in total. The van der Waals surface area contributed by atoms with Gasteiger partial charge in [0, 0.05) is 12.1 Å². The van der Waals surface area contributed by atoms with Crippen molar-refractivity contribution in [2.75, 3.05) is 26.4 Å². The number of morpholine rings is 1. The number of ether oxygens (including phenoxy) is 1. The van der Waals surface area contributed by atoms with Gasteiger partial charge in [-0.05, 0) is 27.7 Å². The molecule has 0 aromatic heterocycles. The fraction of sp³-hybridized carbons (Fsp3) is 0.917. The second-order valence-corrected chi connectivity index (χ2v) is 5.56. The fourth-order valence-corrected chi connectivity index (χ4v) is 1.96. The summed E-state index contributed by atoms with van der Waals surface area (Å²) >= 11 is 0. The van der Waals surface area contributed by atoms with Crippen molar-refractivity contribution in [2.45, 2.75) is 45.3 Å². The third-order valence-corrected chi connectivity index (χ3v) is 2.86. The van der Waals surface area contributed by atoms with E-state index in [0.29, 0.717) is 19.8 Å². The molecule has 1 aliphatic heterocycles. The van der Waals surface area contributed by atoms with Gasteiger partial charge in [0.25, 0.3) is 0 Å². The van der Waals surface area contributed by atoms with Gasteiger partial charge in [0.05, 0.1) is 31.9 Å². The van der Waals surface area contributed by atoms with Gasteiger partial charge >= 0.3 is 0 Å². The molecule has 0 bridgehead atoms.